The molecule has 0 amide bonds. The molecule has 0 aliphatic heterocycles. The number of hydrogen-bond acceptors (Lipinski definition) is 4. The van der Waals surface area contributed by atoms with E-state index in [2.05, 4.69) is 43.4 Å². The van der Waals surface area contributed by atoms with Crippen LogP contribution >= 0.6 is 0 Å². The maximum Gasteiger partial charge on any atom is 0.127 e. The van der Waals surface area contributed by atoms with Gasteiger partial charge in [-0.15, -0.1) is 0 Å². The zero-order chi connectivity index (χ0) is 26.5. The minimum absolute atomic E-state index is 0.00170. The molecule has 0 unspecified atom stereocenters. The van der Waals surface area contributed by atoms with Gasteiger partial charge in [-0.25, -0.2) is 4.68 Å². The van der Waals surface area contributed by atoms with Crippen LogP contribution < -0.4 is 10.5 Å². The van der Waals surface area contributed by atoms with Gasteiger partial charge < -0.3 is 15.6 Å². The van der Waals surface area contributed by atoms with E-state index in [4.69, 9.17) is 15.6 Å². The Morgan fingerprint density at radius 3 is 2.50 bits per heavy atom. The number of aliphatic hydroxyl groups excluding tert-OH is 1. The molecule has 3 N–H and O–H groups in total. The van der Waals surface area contributed by atoms with E-state index in [1.165, 1.54) is 29.7 Å². The Morgan fingerprint density at radius 2 is 1.79 bits per heavy atom. The highest BCUT2D eigenvalue weighted by atomic mass is 16.5. The number of ether oxygens (including phenoxy) is 1. The van der Waals surface area contributed by atoms with Gasteiger partial charge in [-0.2, -0.15) is 5.10 Å². The quantitative estimate of drug-likeness (QED) is 0.379. The van der Waals surface area contributed by atoms with Gasteiger partial charge in [0.1, 0.15) is 11.5 Å². The SMILES string of the molecule is C=C1CC[C@H]2[C@H](CN)[C@@H]([C@@]3(C)Cc4cnn(-c5ccc(Oc6ccccc6)cc5)c4C[C@@H]3CO)CC[C@]12C. The summed E-state index contributed by atoms with van der Waals surface area (Å²) in [5, 5.41) is 15.5. The van der Waals surface area contributed by atoms with E-state index in [0.29, 0.717) is 17.8 Å². The van der Waals surface area contributed by atoms with Crippen LogP contribution in [0.15, 0.2) is 72.9 Å². The second kappa shape index (κ2) is 9.69. The highest BCUT2D eigenvalue weighted by molar-refractivity contribution is 5.42. The number of aliphatic hydroxyl groups is 1. The standard InChI is InChI=1S/C33H41N3O2/c1-22-9-14-29-28(19-34)30(15-16-32(22,29)2)33(3)18-23-20-35-36(31(23)17-24(33)21-37)25-10-12-27(13-11-25)38-26-7-5-4-6-8-26/h4-8,10-13,20,24,28-30,37H,1,9,14-19,21,34H2,2-3H3/t24-,28+,29+,30+,32-,33+/m1/s1. The molecule has 2 saturated carbocycles. The fraction of sp³-hybridized carbons (Fsp3) is 0.485. The predicted octanol–water partition coefficient (Wildman–Crippen LogP) is 6.34. The fourth-order valence-electron chi connectivity index (χ4n) is 8.35. The van der Waals surface area contributed by atoms with Crippen LogP contribution in [0.1, 0.15) is 50.8 Å². The molecule has 3 aliphatic rings. The molecule has 3 aromatic rings. The summed E-state index contributed by atoms with van der Waals surface area (Å²) in [6.45, 7) is 10.2. The molecule has 38 heavy (non-hydrogen) atoms. The molecule has 2 aromatic carbocycles. The average Bonchev–Trinajstić information content (AvgIpc) is 3.48. The van der Waals surface area contributed by atoms with Crippen molar-refractivity contribution in [2.24, 2.45) is 40.2 Å². The van der Waals surface area contributed by atoms with Crippen molar-refractivity contribution in [1.82, 2.24) is 9.78 Å². The Hall–Kier alpha value is -2.89. The summed E-state index contributed by atoms with van der Waals surface area (Å²) in [6.07, 6.45) is 8.51. The lowest BCUT2D eigenvalue weighted by Crippen LogP contribution is -2.53. The lowest BCUT2D eigenvalue weighted by Gasteiger charge is -2.55. The molecule has 0 radical (unpaired) electrons. The molecule has 1 heterocycles. The van der Waals surface area contributed by atoms with E-state index in [-0.39, 0.29) is 23.4 Å². The second-order valence-corrected chi connectivity index (χ2v) is 12.4. The Labute approximate surface area is 226 Å². The molecule has 2 fully saturated rings. The molecule has 5 heteroatoms. The van der Waals surface area contributed by atoms with Crippen molar-refractivity contribution in [3.63, 3.8) is 0 Å². The Kier molecular flexibility index (Phi) is 6.48. The lowest BCUT2D eigenvalue weighted by molar-refractivity contribution is -0.0537. The van der Waals surface area contributed by atoms with Crippen LogP contribution in [0, 0.1) is 34.5 Å². The van der Waals surface area contributed by atoms with Crippen molar-refractivity contribution in [3.8, 4) is 17.2 Å². The summed E-state index contributed by atoms with van der Waals surface area (Å²) < 4.78 is 8.04. The van der Waals surface area contributed by atoms with E-state index in [1.807, 2.05) is 42.5 Å². The third-order valence-corrected chi connectivity index (χ3v) is 10.7. The van der Waals surface area contributed by atoms with Gasteiger partial charge in [-0.1, -0.05) is 44.2 Å². The van der Waals surface area contributed by atoms with Crippen molar-refractivity contribution in [1.29, 1.82) is 0 Å². The molecule has 6 atom stereocenters. The highest BCUT2D eigenvalue weighted by Crippen LogP contribution is 2.62. The van der Waals surface area contributed by atoms with E-state index >= 15 is 0 Å². The zero-order valence-corrected chi connectivity index (χ0v) is 22.8. The summed E-state index contributed by atoms with van der Waals surface area (Å²) in [6, 6.07) is 17.9. The van der Waals surface area contributed by atoms with Crippen molar-refractivity contribution in [3.05, 3.63) is 84.2 Å². The highest BCUT2D eigenvalue weighted by Gasteiger charge is 2.56. The average molecular weight is 512 g/mol. The molecule has 5 nitrogen and oxygen atoms in total. The topological polar surface area (TPSA) is 73.3 Å². The molecule has 0 saturated heterocycles. The molecule has 6 rings (SSSR count). The van der Waals surface area contributed by atoms with Crippen LogP contribution in [0.4, 0.5) is 0 Å². The minimum atomic E-state index is -0.00170. The first-order valence-corrected chi connectivity index (χ1v) is 14.3. The van der Waals surface area contributed by atoms with E-state index in [0.717, 1.165) is 49.4 Å². The van der Waals surface area contributed by atoms with Gasteiger partial charge in [0.15, 0.2) is 0 Å². The molecule has 3 aliphatic carbocycles. The summed E-state index contributed by atoms with van der Waals surface area (Å²) in [7, 11) is 0. The minimum Gasteiger partial charge on any atom is -0.457 e. The van der Waals surface area contributed by atoms with Gasteiger partial charge >= 0.3 is 0 Å². The smallest absolute Gasteiger partial charge is 0.127 e. The van der Waals surface area contributed by atoms with Crippen LogP contribution in [0.3, 0.4) is 0 Å². The fourth-order valence-corrected chi connectivity index (χ4v) is 8.35. The van der Waals surface area contributed by atoms with Gasteiger partial charge in [0.2, 0.25) is 0 Å². The third kappa shape index (κ3) is 4.02. The van der Waals surface area contributed by atoms with Crippen molar-refractivity contribution in [2.45, 2.75) is 52.4 Å². The summed E-state index contributed by atoms with van der Waals surface area (Å²) in [5.74, 6) is 3.38. The first-order chi connectivity index (χ1) is 18.4. The Bertz CT molecular complexity index is 1300. The van der Waals surface area contributed by atoms with Crippen molar-refractivity contribution in [2.75, 3.05) is 13.2 Å². The number of nitrogens with zero attached hydrogens (tertiary/aromatic N) is 2. The first-order valence-electron chi connectivity index (χ1n) is 14.3. The Balaban J connectivity index is 1.26. The molecule has 0 bridgehead atoms. The second-order valence-electron chi connectivity index (χ2n) is 12.4. The van der Waals surface area contributed by atoms with Crippen molar-refractivity contribution >= 4 is 0 Å². The number of allylic oxidation sites excluding steroid dienone is 1. The maximum atomic E-state index is 10.7. The lowest BCUT2D eigenvalue weighted by atomic mass is 9.49. The number of benzene rings is 2. The first kappa shape index (κ1) is 25.4. The van der Waals surface area contributed by atoms with Gasteiger partial charge in [-0.05, 0) is 122 Å². The molecular formula is C33H41N3O2. The van der Waals surface area contributed by atoms with Crippen LogP contribution in [-0.4, -0.2) is 28.0 Å². The maximum absolute atomic E-state index is 10.7. The Morgan fingerprint density at radius 1 is 1.05 bits per heavy atom. The number of rotatable bonds is 6. The predicted molar refractivity (Wildman–Crippen MR) is 151 cm³/mol. The van der Waals surface area contributed by atoms with E-state index < -0.39 is 0 Å². The molecule has 0 spiro atoms. The number of aromatic nitrogens is 2. The van der Waals surface area contributed by atoms with Crippen LogP contribution in [0.25, 0.3) is 5.69 Å². The molecule has 1 aromatic heterocycles. The number of fused-ring (bicyclic) bond motifs is 2. The number of para-hydroxylation sites is 1. The van der Waals surface area contributed by atoms with Crippen molar-refractivity contribution < 1.29 is 9.84 Å². The zero-order valence-electron chi connectivity index (χ0n) is 22.8. The van der Waals surface area contributed by atoms with E-state index in [9.17, 15) is 5.11 Å². The van der Waals surface area contributed by atoms with E-state index in [1.54, 1.807) is 0 Å². The number of nitrogens with two attached hydrogens (primary N) is 1. The largest absolute Gasteiger partial charge is 0.457 e. The monoisotopic (exact) mass is 511 g/mol. The van der Waals surface area contributed by atoms with Crippen LogP contribution in [0.5, 0.6) is 11.5 Å². The van der Waals surface area contributed by atoms with Gasteiger partial charge in [0.25, 0.3) is 0 Å². The van der Waals surface area contributed by atoms with Crippen LogP contribution in [0.2, 0.25) is 0 Å². The van der Waals surface area contributed by atoms with Gasteiger partial charge in [0.05, 0.1) is 11.9 Å². The molecular weight excluding hydrogens is 470 g/mol. The molecule has 200 valence electrons. The van der Waals surface area contributed by atoms with Gasteiger partial charge in [-0.3, -0.25) is 0 Å². The summed E-state index contributed by atoms with van der Waals surface area (Å²) >= 11 is 0. The third-order valence-electron chi connectivity index (χ3n) is 10.7. The number of hydrogen-bond donors (Lipinski definition) is 2. The normalized spacial score (nSPS) is 32.6. The summed E-state index contributed by atoms with van der Waals surface area (Å²) in [5.41, 5.74) is 11.7. The summed E-state index contributed by atoms with van der Waals surface area (Å²) in [4.78, 5) is 0. The van der Waals surface area contributed by atoms with Gasteiger partial charge in [0, 0.05) is 12.3 Å². The van der Waals surface area contributed by atoms with Crippen LogP contribution in [-0.2, 0) is 12.8 Å².